The minimum absolute atomic E-state index is 0.331. The number of hydrogen-bond acceptors (Lipinski definition) is 3. The second kappa shape index (κ2) is 5.14. The molecule has 0 aromatic heterocycles. The van der Waals surface area contributed by atoms with Gasteiger partial charge in [-0.1, -0.05) is 36.4 Å². The van der Waals surface area contributed by atoms with Gasteiger partial charge in [0.1, 0.15) is 0 Å². The molecule has 122 valence electrons. The molecule has 1 heterocycles. The maximum atomic E-state index is 13.1. The predicted molar refractivity (Wildman–Crippen MR) is 97.3 cm³/mol. The molecule has 0 radical (unpaired) electrons. The summed E-state index contributed by atoms with van der Waals surface area (Å²) in [5.74, 6) is -0.663. The number of rotatable bonds is 1. The number of nitriles is 1. The highest BCUT2D eigenvalue weighted by Gasteiger charge is 2.36. The van der Waals surface area contributed by atoms with Gasteiger partial charge in [-0.15, -0.1) is 0 Å². The summed E-state index contributed by atoms with van der Waals surface area (Å²) in [4.78, 5) is 27.5. The average Bonchev–Trinajstić information content (AvgIpc) is 3.09. The first-order chi connectivity index (χ1) is 12.7. The van der Waals surface area contributed by atoms with Crippen LogP contribution in [0.1, 0.15) is 37.4 Å². The summed E-state index contributed by atoms with van der Waals surface area (Å²) >= 11 is 0. The lowest BCUT2D eigenvalue weighted by Gasteiger charge is -2.28. The second-order valence-electron chi connectivity index (χ2n) is 6.46. The van der Waals surface area contributed by atoms with Crippen LogP contribution in [-0.2, 0) is 6.42 Å². The van der Waals surface area contributed by atoms with Crippen LogP contribution >= 0.6 is 0 Å². The fourth-order valence-corrected chi connectivity index (χ4v) is 3.86. The molecule has 4 nitrogen and oxygen atoms in total. The second-order valence-corrected chi connectivity index (χ2v) is 6.46. The van der Waals surface area contributed by atoms with E-state index < -0.39 is 0 Å². The van der Waals surface area contributed by atoms with Crippen molar-refractivity contribution >= 4 is 28.7 Å². The van der Waals surface area contributed by atoms with E-state index in [1.54, 1.807) is 30.3 Å². The normalized spacial score (nSPS) is 15.0. The number of benzene rings is 3. The Balaban J connectivity index is 1.70. The summed E-state index contributed by atoms with van der Waals surface area (Å²) in [7, 11) is 0. The van der Waals surface area contributed by atoms with Gasteiger partial charge >= 0.3 is 0 Å². The van der Waals surface area contributed by atoms with Crippen molar-refractivity contribution in [2.45, 2.75) is 6.42 Å². The largest absolute Gasteiger partial charge is 0.268 e. The van der Waals surface area contributed by atoms with Gasteiger partial charge < -0.3 is 0 Å². The lowest BCUT2D eigenvalue weighted by molar-refractivity contribution is 0.0661. The maximum absolute atomic E-state index is 13.1. The standard InChI is InChI=1S/C22H12N2O2/c23-12-15-8-9-19-20-17(15)6-3-7-18(20)21(25)24(22(19)26)16-10-13-4-1-2-5-14(13)11-16/h1-10H,11H2. The molecule has 0 fully saturated rings. The van der Waals surface area contributed by atoms with Crippen LogP contribution in [0.5, 0.6) is 0 Å². The summed E-state index contributed by atoms with van der Waals surface area (Å²) in [6, 6.07) is 18.6. The summed E-state index contributed by atoms with van der Waals surface area (Å²) in [6.45, 7) is 0. The molecule has 1 aliphatic carbocycles. The predicted octanol–water partition coefficient (Wildman–Crippen LogP) is 3.90. The molecule has 0 N–H and O–H groups in total. The Labute approximate surface area is 149 Å². The van der Waals surface area contributed by atoms with Crippen LogP contribution in [-0.4, -0.2) is 16.7 Å². The fourth-order valence-electron chi connectivity index (χ4n) is 3.86. The quantitative estimate of drug-likeness (QED) is 0.633. The molecular formula is C22H12N2O2. The van der Waals surface area contributed by atoms with Crippen molar-refractivity contribution in [2.24, 2.45) is 0 Å². The minimum Gasteiger partial charge on any atom is -0.268 e. The SMILES string of the molecule is N#Cc1ccc2c3c(cccc13)C(=O)N(C1=Cc3ccccc3C1)C2=O. The third kappa shape index (κ3) is 1.83. The van der Waals surface area contributed by atoms with E-state index in [2.05, 4.69) is 6.07 Å². The Morgan fingerprint density at radius 2 is 1.65 bits per heavy atom. The van der Waals surface area contributed by atoms with Crippen LogP contribution in [0, 0.1) is 11.3 Å². The topological polar surface area (TPSA) is 61.2 Å². The highest BCUT2D eigenvalue weighted by molar-refractivity contribution is 6.27. The Morgan fingerprint density at radius 1 is 0.885 bits per heavy atom. The Hall–Kier alpha value is -3.71. The monoisotopic (exact) mass is 336 g/mol. The van der Waals surface area contributed by atoms with Crippen molar-refractivity contribution in [3.05, 3.63) is 88.1 Å². The number of amides is 2. The van der Waals surface area contributed by atoms with Crippen molar-refractivity contribution in [1.82, 2.24) is 4.90 Å². The number of nitrogens with zero attached hydrogens (tertiary/aromatic N) is 2. The molecule has 0 saturated heterocycles. The van der Waals surface area contributed by atoms with Gasteiger partial charge in [-0.2, -0.15) is 5.26 Å². The number of imide groups is 1. The van der Waals surface area contributed by atoms with Crippen molar-refractivity contribution in [3.63, 3.8) is 0 Å². The Bertz CT molecular complexity index is 1190. The number of carbonyl (C=O) groups is 2. The van der Waals surface area contributed by atoms with Gasteiger partial charge in [0.05, 0.1) is 11.6 Å². The zero-order chi connectivity index (χ0) is 17.8. The number of hydrogen-bond donors (Lipinski definition) is 0. The van der Waals surface area contributed by atoms with E-state index >= 15 is 0 Å². The van der Waals surface area contributed by atoms with E-state index in [1.165, 1.54) is 4.90 Å². The molecule has 3 aromatic carbocycles. The van der Waals surface area contributed by atoms with Crippen LogP contribution in [0.25, 0.3) is 16.8 Å². The highest BCUT2D eigenvalue weighted by atomic mass is 16.2. The minimum atomic E-state index is -0.331. The van der Waals surface area contributed by atoms with E-state index in [9.17, 15) is 14.9 Å². The van der Waals surface area contributed by atoms with Crippen molar-refractivity contribution in [1.29, 1.82) is 5.26 Å². The molecular weight excluding hydrogens is 324 g/mol. The van der Waals surface area contributed by atoms with E-state index in [4.69, 9.17) is 0 Å². The molecule has 0 saturated carbocycles. The van der Waals surface area contributed by atoms with Crippen LogP contribution in [0.3, 0.4) is 0 Å². The first-order valence-corrected chi connectivity index (χ1v) is 8.32. The molecule has 0 bridgehead atoms. The van der Waals surface area contributed by atoms with Crippen LogP contribution in [0.4, 0.5) is 0 Å². The fraction of sp³-hybridized carbons (Fsp3) is 0.0455. The van der Waals surface area contributed by atoms with Gasteiger partial charge in [0.25, 0.3) is 11.8 Å². The summed E-state index contributed by atoms with van der Waals surface area (Å²) in [5.41, 5.74) is 4.22. The molecule has 5 rings (SSSR count). The maximum Gasteiger partial charge on any atom is 0.265 e. The van der Waals surface area contributed by atoms with Gasteiger partial charge in [-0.3, -0.25) is 9.59 Å². The number of fused-ring (bicyclic) bond motifs is 1. The van der Waals surface area contributed by atoms with Crippen molar-refractivity contribution < 1.29 is 9.59 Å². The zero-order valence-electron chi connectivity index (χ0n) is 13.7. The summed E-state index contributed by atoms with van der Waals surface area (Å²) in [6.07, 6.45) is 2.45. The molecule has 26 heavy (non-hydrogen) atoms. The van der Waals surface area contributed by atoms with Gasteiger partial charge in [-0.05, 0) is 35.4 Å². The third-order valence-corrected chi connectivity index (χ3v) is 5.06. The lowest BCUT2D eigenvalue weighted by atomic mass is 9.91. The molecule has 2 aliphatic rings. The third-order valence-electron chi connectivity index (χ3n) is 5.06. The van der Waals surface area contributed by atoms with E-state index in [-0.39, 0.29) is 11.8 Å². The molecule has 0 atom stereocenters. The van der Waals surface area contributed by atoms with E-state index in [0.29, 0.717) is 39.6 Å². The molecule has 1 aliphatic heterocycles. The van der Waals surface area contributed by atoms with Gasteiger partial charge in [0.2, 0.25) is 0 Å². The Morgan fingerprint density at radius 3 is 2.42 bits per heavy atom. The van der Waals surface area contributed by atoms with Crippen molar-refractivity contribution in [2.75, 3.05) is 0 Å². The molecule has 0 unspecified atom stereocenters. The zero-order valence-corrected chi connectivity index (χ0v) is 13.7. The lowest BCUT2D eigenvalue weighted by Crippen LogP contribution is -2.39. The van der Waals surface area contributed by atoms with Gasteiger partial charge in [0, 0.05) is 34.0 Å². The average molecular weight is 336 g/mol. The summed E-state index contributed by atoms with van der Waals surface area (Å²) in [5, 5.41) is 10.5. The van der Waals surface area contributed by atoms with Gasteiger partial charge in [0.15, 0.2) is 0 Å². The molecule has 0 spiro atoms. The number of allylic oxidation sites excluding steroid dienone is 1. The smallest absolute Gasteiger partial charge is 0.265 e. The highest BCUT2D eigenvalue weighted by Crippen LogP contribution is 2.36. The van der Waals surface area contributed by atoms with Gasteiger partial charge in [-0.25, -0.2) is 4.90 Å². The summed E-state index contributed by atoms with van der Waals surface area (Å²) < 4.78 is 0. The molecule has 4 heteroatoms. The van der Waals surface area contributed by atoms with Crippen LogP contribution in [0.2, 0.25) is 0 Å². The van der Waals surface area contributed by atoms with Crippen LogP contribution < -0.4 is 0 Å². The van der Waals surface area contributed by atoms with E-state index in [1.807, 2.05) is 30.3 Å². The Kier molecular flexibility index (Phi) is 2.89. The number of carbonyl (C=O) groups excluding carboxylic acids is 2. The molecule has 3 aromatic rings. The van der Waals surface area contributed by atoms with Crippen LogP contribution in [0.15, 0.2) is 60.3 Å². The first-order valence-electron chi connectivity index (χ1n) is 8.32. The van der Waals surface area contributed by atoms with Crippen molar-refractivity contribution in [3.8, 4) is 6.07 Å². The van der Waals surface area contributed by atoms with E-state index in [0.717, 1.165) is 11.1 Å². The first kappa shape index (κ1) is 14.6. The molecule has 2 amide bonds.